The van der Waals surface area contributed by atoms with Crippen molar-refractivity contribution >= 4 is 11.8 Å². The Balaban J connectivity index is 1.72. The molecule has 1 N–H and O–H groups in total. The van der Waals surface area contributed by atoms with Crippen molar-refractivity contribution in [3.8, 4) is 11.6 Å². The highest BCUT2D eigenvalue weighted by atomic mass is 32.2. The van der Waals surface area contributed by atoms with Crippen LogP contribution < -0.4 is 0 Å². The molecular formula is C16H16FN3O2S. The first kappa shape index (κ1) is 15.8. The van der Waals surface area contributed by atoms with Crippen LogP contribution in [0.25, 0.3) is 11.6 Å². The molecule has 0 amide bonds. The van der Waals surface area contributed by atoms with Crippen LogP contribution >= 0.6 is 11.8 Å². The molecule has 1 atom stereocenters. The van der Waals surface area contributed by atoms with Gasteiger partial charge in [-0.25, -0.2) is 4.39 Å². The number of hydrogen-bond acceptors (Lipinski definition) is 5. The summed E-state index contributed by atoms with van der Waals surface area (Å²) in [6.07, 6.45) is 0.893. The molecule has 3 aromatic rings. The van der Waals surface area contributed by atoms with Crippen molar-refractivity contribution in [3.63, 3.8) is 0 Å². The van der Waals surface area contributed by atoms with Gasteiger partial charge in [-0.15, -0.1) is 10.2 Å². The fourth-order valence-electron chi connectivity index (χ4n) is 2.20. The molecule has 0 spiro atoms. The van der Waals surface area contributed by atoms with Crippen LogP contribution in [0.1, 0.15) is 18.6 Å². The van der Waals surface area contributed by atoms with Crippen molar-refractivity contribution < 1.29 is 13.9 Å². The lowest BCUT2D eigenvalue weighted by Crippen LogP contribution is -2.04. The van der Waals surface area contributed by atoms with E-state index in [1.165, 1.54) is 23.9 Å². The number of benzene rings is 1. The minimum atomic E-state index is -0.699. The maximum Gasteiger partial charge on any atom is 0.200 e. The van der Waals surface area contributed by atoms with E-state index in [9.17, 15) is 9.50 Å². The number of nitrogens with zero attached hydrogens (tertiary/aromatic N) is 3. The van der Waals surface area contributed by atoms with Crippen molar-refractivity contribution in [2.75, 3.05) is 5.75 Å². The number of rotatable bonds is 6. The summed E-state index contributed by atoms with van der Waals surface area (Å²) in [5.74, 6) is 1.41. The normalized spacial score (nSPS) is 12.5. The van der Waals surface area contributed by atoms with Crippen LogP contribution in [0.3, 0.4) is 0 Å². The van der Waals surface area contributed by atoms with Gasteiger partial charge in [0.15, 0.2) is 16.7 Å². The third-order valence-corrected chi connectivity index (χ3v) is 4.44. The second-order valence-electron chi connectivity index (χ2n) is 4.91. The van der Waals surface area contributed by atoms with Gasteiger partial charge in [0.2, 0.25) is 0 Å². The van der Waals surface area contributed by atoms with Crippen LogP contribution in [0.5, 0.6) is 0 Å². The SMILES string of the molecule is CCn1c(SCC(O)c2ccc(F)cc2)nnc1-c1ccco1. The van der Waals surface area contributed by atoms with Crippen molar-refractivity contribution in [1.29, 1.82) is 0 Å². The van der Waals surface area contributed by atoms with Crippen LogP contribution in [0.15, 0.2) is 52.2 Å². The minimum Gasteiger partial charge on any atom is -0.461 e. The summed E-state index contributed by atoms with van der Waals surface area (Å²) in [6, 6.07) is 9.48. The molecule has 0 aliphatic rings. The Morgan fingerprint density at radius 1 is 1.26 bits per heavy atom. The molecule has 7 heteroatoms. The van der Waals surface area contributed by atoms with Crippen LogP contribution in [0.2, 0.25) is 0 Å². The third-order valence-electron chi connectivity index (χ3n) is 3.40. The maximum atomic E-state index is 12.9. The van der Waals surface area contributed by atoms with Crippen LogP contribution in [-0.4, -0.2) is 25.6 Å². The Morgan fingerprint density at radius 2 is 2.04 bits per heavy atom. The molecule has 0 saturated heterocycles. The van der Waals surface area contributed by atoms with Gasteiger partial charge in [-0.1, -0.05) is 23.9 Å². The van der Waals surface area contributed by atoms with E-state index in [0.29, 0.717) is 34.6 Å². The number of aliphatic hydroxyl groups excluding tert-OH is 1. The highest BCUT2D eigenvalue weighted by molar-refractivity contribution is 7.99. The zero-order valence-electron chi connectivity index (χ0n) is 12.5. The van der Waals surface area contributed by atoms with Gasteiger partial charge in [-0.3, -0.25) is 4.57 Å². The van der Waals surface area contributed by atoms with Crippen LogP contribution in [0, 0.1) is 5.82 Å². The molecule has 3 rings (SSSR count). The average molecular weight is 333 g/mol. The van der Waals surface area contributed by atoms with Gasteiger partial charge in [0.05, 0.1) is 12.4 Å². The predicted molar refractivity (Wildman–Crippen MR) is 85.5 cm³/mol. The van der Waals surface area contributed by atoms with Crippen molar-refractivity contribution in [3.05, 3.63) is 54.0 Å². The number of thioether (sulfide) groups is 1. The Kier molecular flexibility index (Phi) is 4.78. The number of hydrogen-bond donors (Lipinski definition) is 1. The van der Waals surface area contributed by atoms with Crippen LogP contribution in [-0.2, 0) is 6.54 Å². The van der Waals surface area contributed by atoms with E-state index >= 15 is 0 Å². The van der Waals surface area contributed by atoms with E-state index < -0.39 is 6.10 Å². The lowest BCUT2D eigenvalue weighted by atomic mass is 10.1. The molecule has 120 valence electrons. The summed E-state index contributed by atoms with van der Waals surface area (Å²) in [7, 11) is 0. The Labute approximate surface area is 137 Å². The molecule has 1 unspecified atom stereocenters. The van der Waals surface area contributed by atoms with Crippen molar-refractivity contribution in [1.82, 2.24) is 14.8 Å². The monoisotopic (exact) mass is 333 g/mol. The summed E-state index contributed by atoms with van der Waals surface area (Å²) in [4.78, 5) is 0. The van der Waals surface area contributed by atoms with Gasteiger partial charge in [0.1, 0.15) is 5.82 Å². The highest BCUT2D eigenvalue weighted by Gasteiger charge is 2.17. The zero-order chi connectivity index (χ0) is 16.2. The molecule has 0 bridgehead atoms. The number of halogens is 1. The van der Waals surface area contributed by atoms with E-state index in [1.54, 1.807) is 24.5 Å². The highest BCUT2D eigenvalue weighted by Crippen LogP contribution is 2.27. The topological polar surface area (TPSA) is 64.1 Å². The van der Waals surface area contributed by atoms with Gasteiger partial charge in [-0.05, 0) is 36.8 Å². The molecular weight excluding hydrogens is 317 g/mol. The summed E-state index contributed by atoms with van der Waals surface area (Å²) in [5.41, 5.74) is 0.674. The largest absolute Gasteiger partial charge is 0.461 e. The molecule has 0 fully saturated rings. The molecule has 2 aromatic heterocycles. The second-order valence-corrected chi connectivity index (χ2v) is 5.89. The molecule has 0 radical (unpaired) electrons. The molecule has 1 aromatic carbocycles. The first-order valence-electron chi connectivity index (χ1n) is 7.22. The first-order valence-corrected chi connectivity index (χ1v) is 8.21. The first-order chi connectivity index (χ1) is 11.2. The van der Waals surface area contributed by atoms with Gasteiger partial charge in [0.25, 0.3) is 0 Å². The minimum absolute atomic E-state index is 0.317. The fourth-order valence-corrected chi connectivity index (χ4v) is 3.17. The van der Waals surface area contributed by atoms with E-state index in [0.717, 1.165) is 0 Å². The van der Waals surface area contributed by atoms with Gasteiger partial charge in [-0.2, -0.15) is 0 Å². The van der Waals surface area contributed by atoms with Gasteiger partial charge < -0.3 is 9.52 Å². The Hall–Kier alpha value is -2.12. The molecule has 0 saturated carbocycles. The summed E-state index contributed by atoms with van der Waals surface area (Å²) >= 11 is 1.40. The second kappa shape index (κ2) is 6.97. The summed E-state index contributed by atoms with van der Waals surface area (Å²) < 4.78 is 20.2. The maximum absolute atomic E-state index is 12.9. The zero-order valence-corrected chi connectivity index (χ0v) is 13.3. The van der Waals surface area contributed by atoms with E-state index in [-0.39, 0.29) is 5.82 Å². The van der Waals surface area contributed by atoms with Gasteiger partial charge >= 0.3 is 0 Å². The van der Waals surface area contributed by atoms with E-state index in [1.807, 2.05) is 17.6 Å². The number of aromatic nitrogens is 3. The summed E-state index contributed by atoms with van der Waals surface area (Å²) in [6.45, 7) is 2.69. The Bertz CT molecular complexity index is 756. The standard InChI is InChI=1S/C16H16FN3O2S/c1-2-20-15(14-4-3-9-22-14)18-19-16(20)23-10-13(21)11-5-7-12(17)8-6-11/h3-9,13,21H,2,10H2,1H3. The lowest BCUT2D eigenvalue weighted by molar-refractivity contribution is 0.204. The molecule has 0 aliphatic heterocycles. The summed E-state index contributed by atoms with van der Waals surface area (Å²) in [5, 5.41) is 19.2. The van der Waals surface area contributed by atoms with Crippen molar-refractivity contribution in [2.45, 2.75) is 24.7 Å². The number of furan rings is 1. The molecule has 2 heterocycles. The predicted octanol–water partition coefficient (Wildman–Crippen LogP) is 3.52. The van der Waals surface area contributed by atoms with E-state index in [4.69, 9.17) is 4.42 Å². The van der Waals surface area contributed by atoms with E-state index in [2.05, 4.69) is 10.2 Å². The smallest absolute Gasteiger partial charge is 0.200 e. The molecule has 23 heavy (non-hydrogen) atoms. The van der Waals surface area contributed by atoms with Gasteiger partial charge in [0, 0.05) is 12.3 Å². The van der Waals surface area contributed by atoms with Crippen LogP contribution in [0.4, 0.5) is 4.39 Å². The van der Waals surface area contributed by atoms with Crippen molar-refractivity contribution in [2.24, 2.45) is 0 Å². The quantitative estimate of drug-likeness (QED) is 0.699. The number of aliphatic hydroxyl groups is 1. The lowest BCUT2D eigenvalue weighted by Gasteiger charge is -2.11. The fraction of sp³-hybridized carbons (Fsp3) is 0.250. The average Bonchev–Trinajstić information content (AvgIpc) is 3.22. The molecule has 0 aliphatic carbocycles. The third kappa shape index (κ3) is 3.46. The Morgan fingerprint density at radius 3 is 2.70 bits per heavy atom. The molecule has 5 nitrogen and oxygen atoms in total.